The van der Waals surface area contributed by atoms with Crippen LogP contribution in [0.3, 0.4) is 0 Å². The van der Waals surface area contributed by atoms with E-state index in [0.29, 0.717) is 11.2 Å². The summed E-state index contributed by atoms with van der Waals surface area (Å²) in [7, 11) is 0. The Labute approximate surface area is 153 Å². The normalized spacial score (nSPS) is 17.1. The Balaban J connectivity index is 1.39. The van der Waals surface area contributed by atoms with Crippen LogP contribution in [0.5, 0.6) is 0 Å². The lowest BCUT2D eigenvalue weighted by Gasteiger charge is -2.38. The zero-order valence-corrected chi connectivity index (χ0v) is 15.2. The van der Waals surface area contributed by atoms with E-state index in [0.717, 1.165) is 38.4 Å². The monoisotopic (exact) mass is 354 g/mol. The van der Waals surface area contributed by atoms with Gasteiger partial charge >= 0.3 is 0 Å². The molecular formula is C20H23ClN4. The number of nitrogens with zero attached hydrogens (tertiary/aromatic N) is 3. The first-order valence-electron chi connectivity index (χ1n) is 8.87. The molecule has 5 heteroatoms. The minimum atomic E-state index is 0.522. The smallest absolute Gasteiger partial charge is 0.131 e. The summed E-state index contributed by atoms with van der Waals surface area (Å²) in [6.45, 7) is 6.42. The molecule has 0 saturated carbocycles. The number of nitrogens with one attached hydrogen (secondary N) is 1. The van der Waals surface area contributed by atoms with Crippen molar-refractivity contribution in [1.82, 2.24) is 14.9 Å². The van der Waals surface area contributed by atoms with E-state index in [1.807, 2.05) is 18.2 Å². The van der Waals surface area contributed by atoms with Gasteiger partial charge < -0.3 is 9.88 Å². The molecule has 0 radical (unpaired) electrons. The first kappa shape index (κ1) is 16.4. The van der Waals surface area contributed by atoms with Crippen LogP contribution in [0.1, 0.15) is 12.5 Å². The van der Waals surface area contributed by atoms with E-state index >= 15 is 0 Å². The van der Waals surface area contributed by atoms with Crippen LogP contribution in [0.4, 0.5) is 5.82 Å². The number of halogens is 1. The molecule has 1 aromatic carbocycles. The molecule has 25 heavy (non-hydrogen) atoms. The fourth-order valence-corrected chi connectivity index (χ4v) is 3.87. The number of hydrogen-bond acceptors (Lipinski definition) is 3. The Kier molecular flexibility index (Phi) is 4.64. The molecule has 1 fully saturated rings. The average Bonchev–Trinajstić information content (AvgIpc) is 3.05. The summed E-state index contributed by atoms with van der Waals surface area (Å²) in [6, 6.07) is 14.9. The van der Waals surface area contributed by atoms with Crippen molar-refractivity contribution in [3.8, 4) is 0 Å². The minimum Gasteiger partial charge on any atom is -0.361 e. The van der Waals surface area contributed by atoms with Gasteiger partial charge in [-0.1, -0.05) is 35.9 Å². The number of benzene rings is 1. The van der Waals surface area contributed by atoms with E-state index in [-0.39, 0.29) is 0 Å². The highest BCUT2D eigenvalue weighted by Gasteiger charge is 2.22. The van der Waals surface area contributed by atoms with Crippen molar-refractivity contribution in [2.24, 2.45) is 0 Å². The second-order valence-corrected chi connectivity index (χ2v) is 7.14. The third-order valence-corrected chi connectivity index (χ3v) is 5.36. The van der Waals surface area contributed by atoms with Crippen LogP contribution in [0, 0.1) is 0 Å². The van der Waals surface area contributed by atoms with Gasteiger partial charge in [-0.05, 0) is 37.1 Å². The Bertz CT molecular complexity index is 852. The molecule has 1 aliphatic heterocycles. The van der Waals surface area contributed by atoms with Crippen LogP contribution < -0.4 is 4.90 Å². The van der Waals surface area contributed by atoms with E-state index in [9.17, 15) is 0 Å². The van der Waals surface area contributed by atoms with Gasteiger partial charge in [-0.15, -0.1) is 0 Å². The van der Waals surface area contributed by atoms with Gasteiger partial charge in [-0.2, -0.15) is 0 Å². The summed E-state index contributed by atoms with van der Waals surface area (Å²) in [5.41, 5.74) is 2.63. The fourth-order valence-electron chi connectivity index (χ4n) is 3.71. The summed E-state index contributed by atoms with van der Waals surface area (Å²) >= 11 is 6.02. The summed E-state index contributed by atoms with van der Waals surface area (Å²) in [6.07, 6.45) is 3.23. The van der Waals surface area contributed by atoms with Gasteiger partial charge in [0.15, 0.2) is 0 Å². The van der Waals surface area contributed by atoms with Gasteiger partial charge in [-0.25, -0.2) is 4.98 Å². The number of hydrogen-bond donors (Lipinski definition) is 1. The van der Waals surface area contributed by atoms with E-state index in [2.05, 4.69) is 57.2 Å². The lowest BCUT2D eigenvalue weighted by molar-refractivity contribution is 0.196. The number of para-hydroxylation sites is 1. The number of rotatable bonds is 4. The van der Waals surface area contributed by atoms with Gasteiger partial charge in [0.2, 0.25) is 0 Å². The van der Waals surface area contributed by atoms with E-state index in [1.165, 1.54) is 16.5 Å². The van der Waals surface area contributed by atoms with E-state index in [4.69, 9.17) is 11.6 Å². The van der Waals surface area contributed by atoms with Crippen molar-refractivity contribution in [2.75, 3.05) is 31.1 Å². The van der Waals surface area contributed by atoms with Crippen LogP contribution in [0.2, 0.25) is 5.15 Å². The Morgan fingerprint density at radius 3 is 2.68 bits per heavy atom. The summed E-state index contributed by atoms with van der Waals surface area (Å²) in [5.74, 6) is 0.983. The zero-order valence-electron chi connectivity index (χ0n) is 14.5. The van der Waals surface area contributed by atoms with Gasteiger partial charge in [0, 0.05) is 49.3 Å². The predicted octanol–water partition coefficient (Wildman–Crippen LogP) is 3.97. The SMILES string of the molecule is CC(Cc1c[nH]c2ccccc12)N1CCN(c2cccc(Cl)n2)CC1. The second kappa shape index (κ2) is 7.06. The van der Waals surface area contributed by atoms with Crippen molar-refractivity contribution in [3.63, 3.8) is 0 Å². The number of anilines is 1. The van der Waals surface area contributed by atoms with Crippen LogP contribution in [0.25, 0.3) is 10.9 Å². The van der Waals surface area contributed by atoms with Gasteiger partial charge in [0.25, 0.3) is 0 Å². The molecule has 4 rings (SSSR count). The first-order valence-corrected chi connectivity index (χ1v) is 9.25. The van der Waals surface area contributed by atoms with Crippen molar-refractivity contribution in [2.45, 2.75) is 19.4 Å². The molecule has 130 valence electrons. The number of piperazine rings is 1. The van der Waals surface area contributed by atoms with Gasteiger partial charge in [0.1, 0.15) is 11.0 Å². The molecule has 0 aliphatic carbocycles. The molecule has 0 amide bonds. The molecule has 0 bridgehead atoms. The first-order chi connectivity index (χ1) is 12.2. The molecule has 4 nitrogen and oxygen atoms in total. The van der Waals surface area contributed by atoms with Crippen LogP contribution in [0.15, 0.2) is 48.7 Å². The van der Waals surface area contributed by atoms with Gasteiger partial charge in [-0.3, -0.25) is 4.90 Å². The Hall–Kier alpha value is -2.04. The molecule has 3 aromatic rings. The number of aromatic nitrogens is 2. The van der Waals surface area contributed by atoms with Crippen molar-refractivity contribution < 1.29 is 0 Å². The molecule has 3 heterocycles. The third kappa shape index (κ3) is 3.51. The lowest BCUT2D eigenvalue weighted by atomic mass is 10.0. The quantitative estimate of drug-likeness (QED) is 0.720. The standard InChI is InChI=1S/C20H23ClN4/c1-15(13-16-14-22-18-6-3-2-5-17(16)18)24-9-11-25(12-10-24)20-8-4-7-19(21)23-20/h2-8,14-15,22H,9-13H2,1H3. The van der Waals surface area contributed by atoms with Crippen molar-refractivity contribution in [1.29, 1.82) is 0 Å². The fraction of sp³-hybridized carbons (Fsp3) is 0.350. The highest BCUT2D eigenvalue weighted by Crippen LogP contribution is 2.22. The molecule has 1 saturated heterocycles. The highest BCUT2D eigenvalue weighted by atomic mass is 35.5. The summed E-state index contributed by atoms with van der Waals surface area (Å²) < 4.78 is 0. The zero-order chi connectivity index (χ0) is 17.2. The molecule has 0 spiro atoms. The maximum atomic E-state index is 6.02. The lowest BCUT2D eigenvalue weighted by Crippen LogP contribution is -2.50. The van der Waals surface area contributed by atoms with Gasteiger partial charge in [0.05, 0.1) is 0 Å². The number of H-pyrrole nitrogens is 1. The summed E-state index contributed by atoms with van der Waals surface area (Å²) in [5, 5.41) is 1.91. The molecule has 1 aliphatic rings. The average molecular weight is 355 g/mol. The number of fused-ring (bicyclic) bond motifs is 1. The Morgan fingerprint density at radius 2 is 1.88 bits per heavy atom. The second-order valence-electron chi connectivity index (χ2n) is 6.75. The van der Waals surface area contributed by atoms with E-state index in [1.54, 1.807) is 0 Å². The van der Waals surface area contributed by atoms with Crippen LogP contribution in [-0.2, 0) is 6.42 Å². The molecule has 1 unspecified atom stereocenters. The number of aromatic amines is 1. The molecule has 2 aromatic heterocycles. The Morgan fingerprint density at radius 1 is 1.08 bits per heavy atom. The van der Waals surface area contributed by atoms with Crippen molar-refractivity contribution >= 4 is 28.3 Å². The predicted molar refractivity (Wildman–Crippen MR) is 104 cm³/mol. The van der Waals surface area contributed by atoms with Crippen LogP contribution in [-0.4, -0.2) is 47.1 Å². The largest absolute Gasteiger partial charge is 0.361 e. The number of pyridine rings is 1. The summed E-state index contributed by atoms with van der Waals surface area (Å²) in [4.78, 5) is 12.7. The van der Waals surface area contributed by atoms with Crippen molar-refractivity contribution in [3.05, 3.63) is 59.4 Å². The molecule has 1 atom stereocenters. The minimum absolute atomic E-state index is 0.522. The molecular weight excluding hydrogens is 332 g/mol. The maximum absolute atomic E-state index is 6.02. The topological polar surface area (TPSA) is 35.2 Å². The third-order valence-electron chi connectivity index (χ3n) is 5.15. The maximum Gasteiger partial charge on any atom is 0.131 e. The van der Waals surface area contributed by atoms with Crippen LogP contribution >= 0.6 is 11.6 Å². The van der Waals surface area contributed by atoms with E-state index < -0.39 is 0 Å². The highest BCUT2D eigenvalue weighted by molar-refractivity contribution is 6.29. The molecule has 1 N–H and O–H groups in total.